The molecule has 2 heterocycles. The Labute approximate surface area is 142 Å². The maximum Gasteiger partial charge on any atom is 0.293 e. The first kappa shape index (κ1) is 15.7. The van der Waals surface area contributed by atoms with Crippen molar-refractivity contribution >= 4 is 11.7 Å². The van der Waals surface area contributed by atoms with E-state index in [9.17, 15) is 9.59 Å². The topological polar surface area (TPSA) is 67.2 Å². The summed E-state index contributed by atoms with van der Waals surface area (Å²) in [5.74, 6) is 2.60. The van der Waals surface area contributed by atoms with E-state index in [0.717, 1.165) is 38.3 Å². The maximum atomic E-state index is 12.4. The average Bonchev–Trinajstić information content (AvgIpc) is 3.48. The minimum absolute atomic E-state index is 0.0206. The Bertz CT molecular complexity index is 674. The van der Waals surface area contributed by atoms with Crippen molar-refractivity contribution in [2.24, 2.45) is 17.8 Å². The minimum atomic E-state index is -0.0206. The SMILES string of the molecule is CCn1ccnc(N2CCC(NC(=O)[C@H]3C[C@@H]3C3CC3)CC2)c1=O. The van der Waals surface area contributed by atoms with E-state index in [1.807, 2.05) is 6.92 Å². The molecule has 6 nitrogen and oxygen atoms in total. The van der Waals surface area contributed by atoms with Crippen LogP contribution in [-0.2, 0) is 11.3 Å². The van der Waals surface area contributed by atoms with Gasteiger partial charge in [-0.2, -0.15) is 0 Å². The molecular weight excluding hydrogens is 304 g/mol. The van der Waals surface area contributed by atoms with Gasteiger partial charge in [0.1, 0.15) is 0 Å². The molecule has 6 heteroatoms. The fourth-order valence-electron chi connectivity index (χ4n) is 4.01. The zero-order valence-electron chi connectivity index (χ0n) is 14.3. The number of carbonyl (C=O) groups excluding carboxylic acids is 1. The van der Waals surface area contributed by atoms with Gasteiger partial charge >= 0.3 is 0 Å². The van der Waals surface area contributed by atoms with Gasteiger partial charge in [0.25, 0.3) is 5.56 Å². The fraction of sp³-hybridized carbons (Fsp3) is 0.722. The van der Waals surface area contributed by atoms with Crippen LogP contribution in [0.15, 0.2) is 17.2 Å². The number of hydrogen-bond acceptors (Lipinski definition) is 4. The van der Waals surface area contributed by atoms with Crippen LogP contribution in [0.5, 0.6) is 0 Å². The number of carbonyl (C=O) groups is 1. The zero-order chi connectivity index (χ0) is 16.7. The molecule has 1 aromatic rings. The molecule has 1 aromatic heterocycles. The van der Waals surface area contributed by atoms with Crippen molar-refractivity contribution in [3.63, 3.8) is 0 Å². The summed E-state index contributed by atoms with van der Waals surface area (Å²) in [7, 11) is 0. The highest BCUT2D eigenvalue weighted by atomic mass is 16.2. The lowest BCUT2D eigenvalue weighted by molar-refractivity contribution is -0.123. The zero-order valence-corrected chi connectivity index (χ0v) is 14.3. The number of aryl methyl sites for hydroxylation is 1. The predicted octanol–water partition coefficient (Wildman–Crippen LogP) is 1.39. The lowest BCUT2D eigenvalue weighted by Crippen LogP contribution is -2.47. The van der Waals surface area contributed by atoms with Crippen LogP contribution in [0.1, 0.15) is 39.0 Å². The third-order valence-corrected chi connectivity index (χ3v) is 5.78. The van der Waals surface area contributed by atoms with Crippen molar-refractivity contribution in [1.29, 1.82) is 0 Å². The summed E-state index contributed by atoms with van der Waals surface area (Å²) in [5.41, 5.74) is -0.0206. The van der Waals surface area contributed by atoms with Crippen LogP contribution in [0.25, 0.3) is 0 Å². The number of nitrogens with zero attached hydrogens (tertiary/aromatic N) is 3. The highest BCUT2D eigenvalue weighted by Crippen LogP contribution is 2.54. The monoisotopic (exact) mass is 330 g/mol. The second-order valence-corrected chi connectivity index (χ2v) is 7.46. The first-order chi connectivity index (χ1) is 11.7. The van der Waals surface area contributed by atoms with E-state index >= 15 is 0 Å². The van der Waals surface area contributed by atoms with Crippen LogP contribution in [0.4, 0.5) is 5.82 Å². The quantitative estimate of drug-likeness (QED) is 0.886. The molecule has 1 saturated heterocycles. The Morgan fingerprint density at radius 2 is 2.04 bits per heavy atom. The van der Waals surface area contributed by atoms with Crippen LogP contribution in [-0.4, -0.2) is 34.6 Å². The maximum absolute atomic E-state index is 12.4. The number of hydrogen-bond donors (Lipinski definition) is 1. The molecule has 0 bridgehead atoms. The summed E-state index contributed by atoms with van der Waals surface area (Å²) >= 11 is 0. The van der Waals surface area contributed by atoms with Gasteiger partial charge < -0.3 is 14.8 Å². The highest BCUT2D eigenvalue weighted by Gasteiger charge is 2.51. The van der Waals surface area contributed by atoms with Gasteiger partial charge in [-0.3, -0.25) is 9.59 Å². The third kappa shape index (κ3) is 3.06. The van der Waals surface area contributed by atoms with Crippen molar-refractivity contribution in [1.82, 2.24) is 14.9 Å². The van der Waals surface area contributed by atoms with Crippen LogP contribution >= 0.6 is 0 Å². The predicted molar refractivity (Wildman–Crippen MR) is 91.9 cm³/mol. The van der Waals surface area contributed by atoms with E-state index in [1.165, 1.54) is 12.8 Å². The van der Waals surface area contributed by atoms with Gasteiger partial charge in [0.2, 0.25) is 5.91 Å². The summed E-state index contributed by atoms with van der Waals surface area (Å²) in [4.78, 5) is 31.0. The molecule has 2 saturated carbocycles. The first-order valence-electron chi connectivity index (χ1n) is 9.28. The van der Waals surface area contributed by atoms with Gasteiger partial charge in [0.15, 0.2) is 5.82 Å². The second kappa shape index (κ2) is 6.22. The Hall–Kier alpha value is -1.85. The Balaban J connectivity index is 1.30. The minimum Gasteiger partial charge on any atom is -0.353 e. The normalized spacial score (nSPS) is 27.1. The summed E-state index contributed by atoms with van der Waals surface area (Å²) in [6, 6.07) is 0.242. The van der Waals surface area contributed by atoms with Crippen LogP contribution in [0, 0.1) is 17.8 Å². The summed E-state index contributed by atoms with van der Waals surface area (Å²) in [6.45, 7) is 4.17. The summed E-state index contributed by atoms with van der Waals surface area (Å²) in [5, 5.41) is 3.23. The van der Waals surface area contributed by atoms with Crippen molar-refractivity contribution in [3.05, 3.63) is 22.7 Å². The van der Waals surface area contributed by atoms with E-state index < -0.39 is 0 Å². The molecule has 2 aliphatic carbocycles. The molecule has 130 valence electrons. The summed E-state index contributed by atoms with van der Waals surface area (Å²) < 4.78 is 1.68. The van der Waals surface area contributed by atoms with Crippen molar-refractivity contribution in [3.8, 4) is 0 Å². The van der Waals surface area contributed by atoms with Crippen molar-refractivity contribution in [2.45, 2.75) is 51.6 Å². The Morgan fingerprint density at radius 1 is 1.29 bits per heavy atom. The Kier molecular flexibility index (Phi) is 4.06. The molecule has 1 aliphatic heterocycles. The van der Waals surface area contributed by atoms with Crippen LogP contribution in [0.2, 0.25) is 0 Å². The smallest absolute Gasteiger partial charge is 0.293 e. The van der Waals surface area contributed by atoms with Crippen molar-refractivity contribution < 1.29 is 4.79 Å². The highest BCUT2D eigenvalue weighted by molar-refractivity contribution is 5.82. The molecule has 24 heavy (non-hydrogen) atoms. The third-order valence-electron chi connectivity index (χ3n) is 5.78. The number of amides is 1. The lowest BCUT2D eigenvalue weighted by atomic mass is 10.0. The number of nitrogens with one attached hydrogen (secondary N) is 1. The van der Waals surface area contributed by atoms with Gasteiger partial charge in [-0.1, -0.05) is 0 Å². The number of rotatable bonds is 5. The molecule has 2 atom stereocenters. The number of aromatic nitrogens is 2. The van der Waals surface area contributed by atoms with E-state index in [4.69, 9.17) is 0 Å². The van der Waals surface area contributed by atoms with Crippen LogP contribution in [0.3, 0.4) is 0 Å². The summed E-state index contributed by atoms with van der Waals surface area (Å²) in [6.07, 6.45) is 8.94. The fourth-order valence-corrected chi connectivity index (χ4v) is 4.01. The van der Waals surface area contributed by atoms with Gasteiger partial charge in [0, 0.05) is 44.0 Å². The molecule has 0 radical (unpaired) electrons. The number of anilines is 1. The van der Waals surface area contributed by atoms with E-state index in [0.29, 0.717) is 18.3 Å². The molecular formula is C18H26N4O2. The standard InChI is InChI=1S/C18H26N4O2/c1-2-21-10-7-19-16(18(21)24)22-8-5-13(6-9-22)20-17(23)15-11-14(15)12-3-4-12/h7,10,12-15H,2-6,8-9,11H2,1H3,(H,20,23)/t14-,15+/m1/s1. The van der Waals surface area contributed by atoms with Gasteiger partial charge in [-0.05, 0) is 50.9 Å². The average molecular weight is 330 g/mol. The lowest BCUT2D eigenvalue weighted by Gasteiger charge is -2.32. The number of piperidine rings is 1. The van der Waals surface area contributed by atoms with E-state index in [2.05, 4.69) is 15.2 Å². The molecule has 0 unspecified atom stereocenters. The molecule has 1 N–H and O–H groups in total. The van der Waals surface area contributed by atoms with Crippen molar-refractivity contribution in [2.75, 3.05) is 18.0 Å². The molecule has 3 aliphatic rings. The van der Waals surface area contributed by atoms with Crippen LogP contribution < -0.4 is 15.8 Å². The van der Waals surface area contributed by atoms with E-state index in [-0.39, 0.29) is 23.4 Å². The second-order valence-electron chi connectivity index (χ2n) is 7.46. The molecule has 1 amide bonds. The molecule has 0 aromatic carbocycles. The molecule has 3 fully saturated rings. The molecule has 4 rings (SSSR count). The van der Waals surface area contributed by atoms with E-state index in [1.54, 1.807) is 17.0 Å². The largest absolute Gasteiger partial charge is 0.353 e. The van der Waals surface area contributed by atoms with Gasteiger partial charge in [0.05, 0.1) is 0 Å². The van der Waals surface area contributed by atoms with Gasteiger partial charge in [-0.15, -0.1) is 0 Å². The molecule has 0 spiro atoms. The Morgan fingerprint density at radius 3 is 2.71 bits per heavy atom. The first-order valence-corrected chi connectivity index (χ1v) is 9.28. The van der Waals surface area contributed by atoms with Gasteiger partial charge in [-0.25, -0.2) is 4.98 Å².